The number of nitrogens with zero attached hydrogens (tertiary/aromatic N) is 3. The van der Waals surface area contributed by atoms with Crippen molar-refractivity contribution < 1.29 is 5.11 Å². The molecule has 1 saturated heterocycles. The van der Waals surface area contributed by atoms with Crippen molar-refractivity contribution in [2.75, 3.05) is 29.9 Å². The highest BCUT2D eigenvalue weighted by molar-refractivity contribution is 5.50. The van der Waals surface area contributed by atoms with E-state index in [0.717, 1.165) is 37.3 Å². The van der Waals surface area contributed by atoms with Gasteiger partial charge in [-0.15, -0.1) is 0 Å². The summed E-state index contributed by atoms with van der Waals surface area (Å²) >= 11 is 0. The molecular weight excluding hydrogens is 216 g/mol. The first kappa shape index (κ1) is 12.1. The molecule has 5 nitrogen and oxygen atoms in total. The molecule has 1 aromatic rings. The van der Waals surface area contributed by atoms with Crippen molar-refractivity contribution in [2.45, 2.75) is 32.7 Å². The van der Waals surface area contributed by atoms with E-state index in [0.29, 0.717) is 5.95 Å². The second kappa shape index (κ2) is 5.31. The van der Waals surface area contributed by atoms with Crippen LogP contribution < -0.4 is 10.2 Å². The molecule has 2 heterocycles. The highest BCUT2D eigenvalue weighted by Gasteiger charge is 2.26. The summed E-state index contributed by atoms with van der Waals surface area (Å²) in [5, 5.41) is 12.5. The van der Waals surface area contributed by atoms with E-state index < -0.39 is 0 Å². The maximum absolute atomic E-state index is 9.36. The van der Waals surface area contributed by atoms with E-state index in [9.17, 15) is 5.11 Å². The molecule has 0 amide bonds. The van der Waals surface area contributed by atoms with Crippen LogP contribution in [0.3, 0.4) is 0 Å². The minimum Gasteiger partial charge on any atom is -0.394 e. The molecule has 2 N–H and O–H groups in total. The summed E-state index contributed by atoms with van der Waals surface area (Å²) in [6, 6.07) is 0.207. The Morgan fingerprint density at radius 2 is 2.41 bits per heavy atom. The molecule has 0 spiro atoms. The van der Waals surface area contributed by atoms with Crippen LogP contribution in [-0.4, -0.2) is 40.8 Å². The van der Waals surface area contributed by atoms with Crippen molar-refractivity contribution in [2.24, 2.45) is 0 Å². The molecule has 2 rings (SSSR count). The van der Waals surface area contributed by atoms with E-state index in [2.05, 4.69) is 20.2 Å². The topological polar surface area (TPSA) is 61.3 Å². The molecule has 5 heteroatoms. The monoisotopic (exact) mass is 236 g/mol. The Morgan fingerprint density at radius 3 is 3.12 bits per heavy atom. The number of hydrogen-bond acceptors (Lipinski definition) is 5. The molecule has 1 aliphatic heterocycles. The third-order valence-corrected chi connectivity index (χ3v) is 3.14. The number of aliphatic hydroxyl groups excluding tert-OH is 1. The predicted octanol–water partition coefficient (Wildman–Crippen LogP) is 1.18. The van der Waals surface area contributed by atoms with Gasteiger partial charge >= 0.3 is 0 Å². The second-order valence-electron chi connectivity index (χ2n) is 4.40. The van der Waals surface area contributed by atoms with Crippen LogP contribution in [0.4, 0.5) is 11.8 Å². The Labute approximate surface area is 102 Å². The number of aryl methyl sites for hydroxylation is 1. The third kappa shape index (κ3) is 2.49. The minimum absolute atomic E-state index is 0.194. The van der Waals surface area contributed by atoms with Crippen molar-refractivity contribution in [3.63, 3.8) is 0 Å². The van der Waals surface area contributed by atoms with Gasteiger partial charge in [0.25, 0.3) is 0 Å². The predicted molar refractivity (Wildman–Crippen MR) is 68.4 cm³/mol. The SMILES string of the molecule is CCNc1ncc(C)c(N2CCCC2CO)n1. The molecule has 1 fully saturated rings. The summed E-state index contributed by atoms with van der Waals surface area (Å²) in [6.07, 6.45) is 3.99. The smallest absolute Gasteiger partial charge is 0.224 e. The fourth-order valence-corrected chi connectivity index (χ4v) is 2.27. The molecule has 0 aromatic carbocycles. The zero-order chi connectivity index (χ0) is 12.3. The number of rotatable bonds is 4. The lowest BCUT2D eigenvalue weighted by Crippen LogP contribution is -2.33. The van der Waals surface area contributed by atoms with Crippen LogP contribution in [0.2, 0.25) is 0 Å². The Kier molecular flexibility index (Phi) is 3.78. The molecule has 0 radical (unpaired) electrons. The van der Waals surface area contributed by atoms with Gasteiger partial charge < -0.3 is 15.3 Å². The van der Waals surface area contributed by atoms with Gasteiger partial charge in [0, 0.05) is 24.8 Å². The van der Waals surface area contributed by atoms with Gasteiger partial charge in [-0.25, -0.2) is 4.98 Å². The zero-order valence-electron chi connectivity index (χ0n) is 10.5. The van der Waals surface area contributed by atoms with Crippen molar-refractivity contribution in [1.29, 1.82) is 0 Å². The van der Waals surface area contributed by atoms with E-state index in [4.69, 9.17) is 0 Å². The molecule has 0 saturated carbocycles. The first-order valence-corrected chi connectivity index (χ1v) is 6.21. The molecule has 1 atom stereocenters. The van der Waals surface area contributed by atoms with Gasteiger partial charge in [0.1, 0.15) is 5.82 Å². The first-order chi connectivity index (χ1) is 8.26. The molecule has 94 valence electrons. The van der Waals surface area contributed by atoms with Gasteiger partial charge in [0.2, 0.25) is 5.95 Å². The highest BCUT2D eigenvalue weighted by Crippen LogP contribution is 2.26. The minimum atomic E-state index is 0.194. The maximum Gasteiger partial charge on any atom is 0.224 e. The zero-order valence-corrected chi connectivity index (χ0v) is 10.5. The third-order valence-electron chi connectivity index (χ3n) is 3.14. The van der Waals surface area contributed by atoms with Crippen LogP contribution in [0, 0.1) is 6.92 Å². The Morgan fingerprint density at radius 1 is 1.59 bits per heavy atom. The van der Waals surface area contributed by atoms with Crippen LogP contribution >= 0.6 is 0 Å². The van der Waals surface area contributed by atoms with Crippen molar-refractivity contribution in [3.8, 4) is 0 Å². The van der Waals surface area contributed by atoms with Crippen molar-refractivity contribution >= 4 is 11.8 Å². The fourth-order valence-electron chi connectivity index (χ4n) is 2.27. The van der Waals surface area contributed by atoms with E-state index in [-0.39, 0.29) is 12.6 Å². The molecular formula is C12H20N4O. The standard InChI is InChI=1S/C12H20N4O/c1-3-13-12-14-7-9(2)11(15-12)16-6-4-5-10(16)8-17/h7,10,17H,3-6,8H2,1-2H3,(H,13,14,15). The van der Waals surface area contributed by atoms with Gasteiger partial charge in [-0.05, 0) is 26.7 Å². The lowest BCUT2D eigenvalue weighted by molar-refractivity contribution is 0.266. The van der Waals surface area contributed by atoms with Crippen LogP contribution in [0.15, 0.2) is 6.20 Å². The van der Waals surface area contributed by atoms with Gasteiger partial charge in [-0.3, -0.25) is 0 Å². The first-order valence-electron chi connectivity index (χ1n) is 6.21. The summed E-state index contributed by atoms with van der Waals surface area (Å²) in [5.74, 6) is 1.61. The molecule has 1 unspecified atom stereocenters. The van der Waals surface area contributed by atoms with Gasteiger partial charge in [-0.2, -0.15) is 4.98 Å². The number of aliphatic hydroxyl groups is 1. The average Bonchev–Trinajstić information content (AvgIpc) is 2.80. The van der Waals surface area contributed by atoms with Gasteiger partial charge in [-0.1, -0.05) is 0 Å². The summed E-state index contributed by atoms with van der Waals surface area (Å²) in [5.41, 5.74) is 1.06. The average molecular weight is 236 g/mol. The summed E-state index contributed by atoms with van der Waals surface area (Å²) in [6.45, 7) is 6.01. The van der Waals surface area contributed by atoms with Crippen LogP contribution in [0.5, 0.6) is 0 Å². The van der Waals surface area contributed by atoms with Crippen molar-refractivity contribution in [1.82, 2.24) is 9.97 Å². The fraction of sp³-hybridized carbons (Fsp3) is 0.667. The number of nitrogens with one attached hydrogen (secondary N) is 1. The highest BCUT2D eigenvalue weighted by atomic mass is 16.3. The van der Waals surface area contributed by atoms with Crippen LogP contribution in [-0.2, 0) is 0 Å². The van der Waals surface area contributed by atoms with E-state index >= 15 is 0 Å². The van der Waals surface area contributed by atoms with E-state index in [1.165, 1.54) is 0 Å². The molecule has 0 aliphatic carbocycles. The normalized spacial score (nSPS) is 19.7. The number of aromatic nitrogens is 2. The quantitative estimate of drug-likeness (QED) is 0.822. The van der Waals surface area contributed by atoms with Gasteiger partial charge in [0.05, 0.1) is 12.6 Å². The summed E-state index contributed by atoms with van der Waals surface area (Å²) in [4.78, 5) is 11.0. The van der Waals surface area contributed by atoms with E-state index in [1.54, 1.807) is 0 Å². The van der Waals surface area contributed by atoms with E-state index in [1.807, 2.05) is 20.0 Å². The lowest BCUT2D eigenvalue weighted by Gasteiger charge is -2.25. The number of hydrogen-bond donors (Lipinski definition) is 2. The van der Waals surface area contributed by atoms with Crippen molar-refractivity contribution in [3.05, 3.63) is 11.8 Å². The van der Waals surface area contributed by atoms with Gasteiger partial charge in [0.15, 0.2) is 0 Å². The maximum atomic E-state index is 9.36. The van der Waals surface area contributed by atoms with Crippen LogP contribution in [0.1, 0.15) is 25.3 Å². The summed E-state index contributed by atoms with van der Waals surface area (Å²) < 4.78 is 0. The molecule has 17 heavy (non-hydrogen) atoms. The second-order valence-corrected chi connectivity index (χ2v) is 4.40. The molecule has 1 aliphatic rings. The largest absolute Gasteiger partial charge is 0.394 e. The lowest BCUT2D eigenvalue weighted by atomic mass is 10.2. The Bertz CT molecular complexity index is 383. The van der Waals surface area contributed by atoms with Crippen LogP contribution in [0.25, 0.3) is 0 Å². The molecule has 0 bridgehead atoms. The summed E-state index contributed by atoms with van der Waals surface area (Å²) in [7, 11) is 0. The molecule has 1 aromatic heterocycles. The Balaban J connectivity index is 2.26. The Hall–Kier alpha value is -1.36. The number of anilines is 2.